The second-order valence-electron chi connectivity index (χ2n) is 3.97. The number of hydrogen-bond donors (Lipinski definition) is 3. The smallest absolute Gasteiger partial charge is 0.322 e. The van der Waals surface area contributed by atoms with Crippen molar-refractivity contribution < 1.29 is 9.90 Å². The first-order valence-corrected chi connectivity index (χ1v) is 5.35. The lowest BCUT2D eigenvalue weighted by Gasteiger charge is -2.25. The molecule has 4 nitrogen and oxygen atoms in total. The topological polar surface area (TPSA) is 61.4 Å². The zero-order valence-electron chi connectivity index (χ0n) is 8.75. The summed E-state index contributed by atoms with van der Waals surface area (Å²) in [6.45, 7) is 1.45. The van der Waals surface area contributed by atoms with Crippen LogP contribution in [0.2, 0.25) is 0 Å². The van der Waals surface area contributed by atoms with Crippen LogP contribution in [-0.4, -0.2) is 37.3 Å². The van der Waals surface area contributed by atoms with Gasteiger partial charge in [-0.3, -0.25) is 4.79 Å². The van der Waals surface area contributed by atoms with Crippen LogP contribution in [0, 0.1) is 5.92 Å². The van der Waals surface area contributed by atoms with Gasteiger partial charge in [-0.2, -0.15) is 0 Å². The monoisotopic (exact) mass is 200 g/mol. The van der Waals surface area contributed by atoms with Gasteiger partial charge in [0.25, 0.3) is 0 Å². The van der Waals surface area contributed by atoms with Gasteiger partial charge in [0.15, 0.2) is 0 Å². The molecule has 0 aromatic rings. The molecule has 0 amide bonds. The van der Waals surface area contributed by atoms with Gasteiger partial charge in [-0.15, -0.1) is 0 Å². The minimum atomic E-state index is -0.788. The molecule has 82 valence electrons. The molecule has 0 radical (unpaired) electrons. The highest BCUT2D eigenvalue weighted by atomic mass is 16.4. The van der Waals surface area contributed by atoms with E-state index in [2.05, 4.69) is 10.6 Å². The molecule has 1 aliphatic carbocycles. The Balaban J connectivity index is 1.98. The minimum Gasteiger partial charge on any atom is -0.480 e. The minimum absolute atomic E-state index is 0.462. The van der Waals surface area contributed by atoms with Crippen LogP contribution in [0.25, 0.3) is 0 Å². The number of carboxylic acid groups (broad SMARTS) is 1. The molecular weight excluding hydrogens is 180 g/mol. The summed E-state index contributed by atoms with van der Waals surface area (Å²) >= 11 is 0. The lowest BCUT2D eigenvalue weighted by molar-refractivity contribution is -0.139. The summed E-state index contributed by atoms with van der Waals surface area (Å²) < 4.78 is 0. The van der Waals surface area contributed by atoms with Crippen LogP contribution in [0.1, 0.15) is 25.7 Å². The number of nitrogens with one attached hydrogen (secondary N) is 2. The molecule has 0 bridgehead atoms. The zero-order chi connectivity index (χ0) is 10.4. The highest BCUT2D eigenvalue weighted by Gasteiger charge is 2.17. The quantitative estimate of drug-likeness (QED) is 0.522. The summed E-state index contributed by atoms with van der Waals surface area (Å²) in [5.74, 6) is 0.101. The van der Waals surface area contributed by atoms with E-state index in [-0.39, 0.29) is 0 Å². The van der Waals surface area contributed by atoms with Gasteiger partial charge in [-0.1, -0.05) is 19.3 Å². The lowest BCUT2D eigenvalue weighted by atomic mass is 9.83. The molecule has 4 heteroatoms. The van der Waals surface area contributed by atoms with Gasteiger partial charge < -0.3 is 15.7 Å². The maximum Gasteiger partial charge on any atom is 0.322 e. The van der Waals surface area contributed by atoms with E-state index in [9.17, 15) is 4.79 Å². The van der Waals surface area contributed by atoms with E-state index in [4.69, 9.17) is 5.11 Å². The van der Waals surface area contributed by atoms with Crippen molar-refractivity contribution in [3.63, 3.8) is 0 Å². The number of aliphatic carboxylic acids is 1. The molecule has 0 aliphatic heterocycles. The predicted molar refractivity (Wildman–Crippen MR) is 55.3 cm³/mol. The van der Waals surface area contributed by atoms with Crippen LogP contribution < -0.4 is 10.6 Å². The second-order valence-corrected chi connectivity index (χ2v) is 3.97. The van der Waals surface area contributed by atoms with Gasteiger partial charge in [-0.05, 0) is 25.9 Å². The summed E-state index contributed by atoms with van der Waals surface area (Å²) in [5, 5.41) is 14.7. The number of rotatable bonds is 7. The highest BCUT2D eigenvalue weighted by Crippen LogP contribution is 2.28. The molecule has 1 fully saturated rings. The van der Waals surface area contributed by atoms with Crippen molar-refractivity contribution in [2.75, 3.05) is 20.1 Å². The Hall–Kier alpha value is -0.610. The molecule has 0 spiro atoms. The van der Waals surface area contributed by atoms with Crippen molar-refractivity contribution >= 4 is 5.97 Å². The zero-order valence-corrected chi connectivity index (χ0v) is 8.75. The molecular formula is C10H20N2O2. The van der Waals surface area contributed by atoms with Crippen LogP contribution in [0.4, 0.5) is 0 Å². The fraction of sp³-hybridized carbons (Fsp3) is 0.900. The van der Waals surface area contributed by atoms with E-state index in [1.807, 2.05) is 0 Å². The lowest BCUT2D eigenvalue weighted by Crippen LogP contribution is -2.43. The second kappa shape index (κ2) is 5.98. The molecule has 1 aliphatic rings. The van der Waals surface area contributed by atoms with Gasteiger partial charge in [0.05, 0.1) is 0 Å². The van der Waals surface area contributed by atoms with E-state index < -0.39 is 12.0 Å². The fourth-order valence-corrected chi connectivity index (χ4v) is 1.65. The average Bonchev–Trinajstić information content (AvgIpc) is 2.07. The Bertz CT molecular complexity index is 181. The number of carbonyl (C=O) groups is 1. The number of carboxylic acids is 1. The third-order valence-corrected chi connectivity index (χ3v) is 2.95. The molecule has 1 unspecified atom stereocenters. The van der Waals surface area contributed by atoms with Gasteiger partial charge in [-0.25, -0.2) is 0 Å². The van der Waals surface area contributed by atoms with Crippen LogP contribution in [0.5, 0.6) is 0 Å². The Morgan fingerprint density at radius 3 is 2.71 bits per heavy atom. The van der Waals surface area contributed by atoms with Crippen molar-refractivity contribution in [1.82, 2.24) is 10.6 Å². The van der Waals surface area contributed by atoms with Crippen LogP contribution in [0.15, 0.2) is 0 Å². The fourth-order valence-electron chi connectivity index (χ4n) is 1.65. The van der Waals surface area contributed by atoms with Crippen molar-refractivity contribution in [3.8, 4) is 0 Å². The molecule has 1 saturated carbocycles. The first kappa shape index (κ1) is 11.5. The number of hydrogen-bond acceptors (Lipinski definition) is 3. The standard InChI is InChI=1S/C10H20N2O2/c1-11-9(10(13)14)7-12-6-5-8-3-2-4-8/h8-9,11-12H,2-7H2,1H3,(H,13,14). The third kappa shape index (κ3) is 3.64. The van der Waals surface area contributed by atoms with E-state index in [1.165, 1.54) is 25.7 Å². The van der Waals surface area contributed by atoms with Crippen LogP contribution in [-0.2, 0) is 4.79 Å². The van der Waals surface area contributed by atoms with Crippen molar-refractivity contribution in [2.45, 2.75) is 31.7 Å². The van der Waals surface area contributed by atoms with Crippen LogP contribution >= 0.6 is 0 Å². The SMILES string of the molecule is CNC(CNCCC1CCC1)C(=O)O. The van der Waals surface area contributed by atoms with Gasteiger partial charge in [0, 0.05) is 6.54 Å². The van der Waals surface area contributed by atoms with Crippen LogP contribution in [0.3, 0.4) is 0 Å². The molecule has 14 heavy (non-hydrogen) atoms. The maximum atomic E-state index is 10.6. The Kier molecular flexibility index (Phi) is 4.90. The normalized spacial score (nSPS) is 18.9. The summed E-state index contributed by atoms with van der Waals surface area (Å²) in [4.78, 5) is 10.6. The van der Waals surface area contributed by atoms with Crippen molar-refractivity contribution in [1.29, 1.82) is 0 Å². The highest BCUT2D eigenvalue weighted by molar-refractivity contribution is 5.73. The molecule has 0 heterocycles. The van der Waals surface area contributed by atoms with Crippen molar-refractivity contribution in [3.05, 3.63) is 0 Å². The first-order valence-electron chi connectivity index (χ1n) is 5.35. The summed E-state index contributed by atoms with van der Waals surface area (Å²) in [6, 6.07) is -0.462. The van der Waals surface area contributed by atoms with Gasteiger partial charge in [0.1, 0.15) is 6.04 Å². The molecule has 0 aromatic heterocycles. The molecule has 1 rings (SSSR count). The van der Waals surface area contributed by atoms with Gasteiger partial charge >= 0.3 is 5.97 Å². The predicted octanol–water partition coefficient (Wildman–Crippen LogP) is 0.439. The summed E-state index contributed by atoms with van der Waals surface area (Å²) in [5.41, 5.74) is 0. The average molecular weight is 200 g/mol. The van der Waals surface area contributed by atoms with E-state index in [1.54, 1.807) is 7.05 Å². The molecule has 1 atom stereocenters. The molecule has 3 N–H and O–H groups in total. The van der Waals surface area contributed by atoms with E-state index in [0.29, 0.717) is 6.54 Å². The maximum absolute atomic E-state index is 10.6. The van der Waals surface area contributed by atoms with E-state index >= 15 is 0 Å². The Morgan fingerprint density at radius 2 is 2.29 bits per heavy atom. The van der Waals surface area contributed by atoms with Crippen molar-refractivity contribution in [2.24, 2.45) is 5.92 Å². The first-order chi connectivity index (χ1) is 6.74. The Labute approximate surface area is 85.1 Å². The molecule has 0 aromatic carbocycles. The van der Waals surface area contributed by atoms with E-state index in [0.717, 1.165) is 12.5 Å². The Morgan fingerprint density at radius 1 is 1.57 bits per heavy atom. The third-order valence-electron chi connectivity index (χ3n) is 2.95. The largest absolute Gasteiger partial charge is 0.480 e. The number of likely N-dealkylation sites (N-methyl/N-ethyl adjacent to an activating group) is 1. The summed E-state index contributed by atoms with van der Waals surface area (Å²) in [7, 11) is 1.67. The molecule has 0 saturated heterocycles. The summed E-state index contributed by atoms with van der Waals surface area (Å²) in [6.07, 6.45) is 5.28. The van der Waals surface area contributed by atoms with Gasteiger partial charge in [0.2, 0.25) is 0 Å².